The van der Waals surface area contributed by atoms with Crippen molar-refractivity contribution in [3.63, 3.8) is 0 Å². The molecule has 26 heavy (non-hydrogen) atoms. The van der Waals surface area contributed by atoms with Crippen LogP contribution in [0.25, 0.3) is 11.0 Å². The number of rotatable bonds is 4. The van der Waals surface area contributed by atoms with E-state index >= 15 is 0 Å². The third-order valence-corrected chi connectivity index (χ3v) is 4.88. The lowest BCUT2D eigenvalue weighted by Crippen LogP contribution is -2.48. The lowest BCUT2D eigenvalue weighted by molar-refractivity contribution is -0.129. The van der Waals surface area contributed by atoms with E-state index in [4.69, 9.17) is 4.42 Å². The van der Waals surface area contributed by atoms with Gasteiger partial charge in [0, 0.05) is 52.6 Å². The first-order valence-electron chi connectivity index (χ1n) is 9.19. The fourth-order valence-electron chi connectivity index (χ4n) is 3.45. The lowest BCUT2D eigenvalue weighted by Gasteiger charge is -2.35. The van der Waals surface area contributed by atoms with Gasteiger partial charge in [-0.15, -0.1) is 0 Å². The zero-order valence-electron chi connectivity index (χ0n) is 16.0. The Morgan fingerprint density at radius 2 is 1.81 bits per heavy atom. The highest BCUT2D eigenvalue weighted by Gasteiger charge is 2.23. The van der Waals surface area contributed by atoms with Crippen molar-refractivity contribution in [3.05, 3.63) is 29.5 Å². The lowest BCUT2D eigenvalue weighted by atomic mass is 10.1. The Labute approximate surface area is 154 Å². The molecular formula is C20H27N3O3. The summed E-state index contributed by atoms with van der Waals surface area (Å²) in [6, 6.07) is 6.12. The molecule has 2 amide bonds. The summed E-state index contributed by atoms with van der Waals surface area (Å²) in [5.74, 6) is 0.347. The van der Waals surface area contributed by atoms with E-state index in [1.54, 1.807) is 21.0 Å². The van der Waals surface area contributed by atoms with Crippen LogP contribution in [0.1, 0.15) is 36.4 Å². The van der Waals surface area contributed by atoms with E-state index in [0.29, 0.717) is 18.8 Å². The normalized spacial score (nSPS) is 14.8. The first-order valence-corrected chi connectivity index (χ1v) is 9.19. The highest BCUT2D eigenvalue weighted by molar-refractivity contribution is 5.99. The zero-order valence-corrected chi connectivity index (χ0v) is 16.0. The van der Waals surface area contributed by atoms with E-state index in [0.717, 1.165) is 42.6 Å². The van der Waals surface area contributed by atoms with Crippen molar-refractivity contribution < 1.29 is 14.0 Å². The molecule has 2 heterocycles. The molecule has 1 aromatic heterocycles. The van der Waals surface area contributed by atoms with Crippen molar-refractivity contribution in [2.24, 2.45) is 0 Å². The van der Waals surface area contributed by atoms with Gasteiger partial charge in [-0.2, -0.15) is 0 Å². The van der Waals surface area contributed by atoms with Crippen LogP contribution in [0.15, 0.2) is 22.6 Å². The molecule has 2 aromatic rings. The van der Waals surface area contributed by atoms with E-state index in [1.165, 1.54) is 10.5 Å². The van der Waals surface area contributed by atoms with E-state index in [2.05, 4.69) is 24.0 Å². The topological polar surface area (TPSA) is 57.0 Å². The van der Waals surface area contributed by atoms with Crippen molar-refractivity contribution in [1.29, 1.82) is 0 Å². The summed E-state index contributed by atoms with van der Waals surface area (Å²) in [5, 5.41) is 0.963. The number of amides is 2. The van der Waals surface area contributed by atoms with E-state index in [1.807, 2.05) is 11.0 Å². The maximum absolute atomic E-state index is 12.3. The minimum atomic E-state index is -0.134. The molecule has 3 rings (SSSR count). The summed E-state index contributed by atoms with van der Waals surface area (Å²) in [6.45, 7) is 6.72. The molecule has 0 saturated carbocycles. The van der Waals surface area contributed by atoms with Crippen molar-refractivity contribution in [2.75, 3.05) is 45.2 Å². The van der Waals surface area contributed by atoms with E-state index < -0.39 is 0 Å². The van der Waals surface area contributed by atoms with Crippen LogP contribution in [0.5, 0.6) is 0 Å². The van der Waals surface area contributed by atoms with Crippen LogP contribution in [0.4, 0.5) is 5.69 Å². The van der Waals surface area contributed by atoms with Crippen LogP contribution in [-0.2, 0) is 11.2 Å². The van der Waals surface area contributed by atoms with Crippen LogP contribution < -0.4 is 4.90 Å². The number of anilines is 1. The van der Waals surface area contributed by atoms with E-state index in [-0.39, 0.29) is 11.8 Å². The predicted molar refractivity (Wildman–Crippen MR) is 103 cm³/mol. The molecular weight excluding hydrogens is 330 g/mol. The van der Waals surface area contributed by atoms with Crippen molar-refractivity contribution in [2.45, 2.75) is 26.7 Å². The number of benzene rings is 1. The molecule has 0 unspecified atom stereocenters. The molecule has 0 spiro atoms. The highest BCUT2D eigenvalue weighted by Crippen LogP contribution is 2.33. The molecule has 0 aliphatic carbocycles. The summed E-state index contributed by atoms with van der Waals surface area (Å²) < 4.78 is 5.97. The van der Waals surface area contributed by atoms with Crippen LogP contribution in [0.3, 0.4) is 0 Å². The number of furan rings is 1. The first-order chi connectivity index (χ1) is 12.4. The number of fused-ring (bicyclic) bond motifs is 1. The summed E-state index contributed by atoms with van der Waals surface area (Å²) >= 11 is 0. The van der Waals surface area contributed by atoms with E-state index in [9.17, 15) is 9.59 Å². The molecule has 1 fully saturated rings. The van der Waals surface area contributed by atoms with Gasteiger partial charge >= 0.3 is 0 Å². The zero-order chi connectivity index (χ0) is 18.8. The monoisotopic (exact) mass is 357 g/mol. The molecule has 140 valence electrons. The van der Waals surface area contributed by atoms with Gasteiger partial charge in [0.25, 0.3) is 5.91 Å². The quantitative estimate of drug-likeness (QED) is 0.844. The fourth-order valence-corrected chi connectivity index (χ4v) is 3.45. The second-order valence-corrected chi connectivity index (χ2v) is 7.09. The van der Waals surface area contributed by atoms with Gasteiger partial charge < -0.3 is 19.1 Å². The maximum atomic E-state index is 12.3. The molecule has 1 aliphatic heterocycles. The second kappa shape index (κ2) is 7.40. The minimum absolute atomic E-state index is 0.117. The molecule has 0 radical (unpaired) electrons. The van der Waals surface area contributed by atoms with Crippen LogP contribution in [-0.4, -0.2) is 61.9 Å². The number of hydrogen-bond donors (Lipinski definition) is 0. The standard InChI is InChI=1S/C20H27N3O3/c1-5-6-15-11-16-13-18(20(25)21(3)4)26-19(16)17(12-15)23-9-7-22(8-10-23)14(2)24/h11-13H,5-10H2,1-4H3. The smallest absolute Gasteiger partial charge is 0.289 e. The first kappa shape index (κ1) is 18.3. The number of piperazine rings is 1. The molecule has 0 bridgehead atoms. The average molecular weight is 357 g/mol. The Bertz CT molecular complexity index is 817. The van der Waals surface area contributed by atoms with Gasteiger partial charge in [0.2, 0.25) is 5.91 Å². The minimum Gasteiger partial charge on any atom is -0.449 e. The summed E-state index contributed by atoms with van der Waals surface area (Å²) in [6.07, 6.45) is 2.04. The number of hydrogen-bond acceptors (Lipinski definition) is 4. The largest absolute Gasteiger partial charge is 0.449 e. The SMILES string of the molecule is CCCc1cc(N2CCN(C(C)=O)CC2)c2oc(C(=O)N(C)C)cc2c1. The van der Waals surface area contributed by atoms with Crippen molar-refractivity contribution in [3.8, 4) is 0 Å². The second-order valence-electron chi connectivity index (χ2n) is 7.09. The third-order valence-electron chi connectivity index (χ3n) is 4.88. The van der Waals surface area contributed by atoms with Crippen LogP contribution in [0, 0.1) is 0 Å². The molecule has 0 N–H and O–H groups in total. The Balaban J connectivity index is 1.99. The average Bonchev–Trinajstić information content (AvgIpc) is 3.04. The number of aryl methyl sites for hydroxylation is 1. The van der Waals surface area contributed by atoms with Gasteiger partial charge in [-0.25, -0.2) is 0 Å². The molecule has 6 heteroatoms. The molecule has 1 saturated heterocycles. The van der Waals surface area contributed by atoms with Crippen molar-refractivity contribution >= 4 is 28.5 Å². The summed E-state index contributed by atoms with van der Waals surface area (Å²) in [7, 11) is 3.44. The number of carbonyl (C=O) groups excluding carboxylic acids is 2. The molecule has 6 nitrogen and oxygen atoms in total. The van der Waals surface area contributed by atoms with Crippen LogP contribution >= 0.6 is 0 Å². The maximum Gasteiger partial charge on any atom is 0.289 e. The Morgan fingerprint density at radius 1 is 1.12 bits per heavy atom. The number of nitrogens with zero attached hydrogens (tertiary/aromatic N) is 3. The number of carbonyl (C=O) groups is 2. The van der Waals surface area contributed by atoms with Gasteiger partial charge in [0.15, 0.2) is 11.3 Å². The summed E-state index contributed by atoms with van der Waals surface area (Å²) in [5.41, 5.74) is 3.02. The van der Waals surface area contributed by atoms with Gasteiger partial charge in [-0.1, -0.05) is 13.3 Å². The molecule has 0 atom stereocenters. The molecule has 1 aliphatic rings. The third kappa shape index (κ3) is 3.54. The van der Waals surface area contributed by atoms with Crippen molar-refractivity contribution in [1.82, 2.24) is 9.80 Å². The van der Waals surface area contributed by atoms with Crippen LogP contribution in [0.2, 0.25) is 0 Å². The Hall–Kier alpha value is -2.50. The van der Waals surface area contributed by atoms with Gasteiger partial charge in [-0.3, -0.25) is 9.59 Å². The summed E-state index contributed by atoms with van der Waals surface area (Å²) in [4.78, 5) is 29.5. The van der Waals surface area contributed by atoms with Gasteiger partial charge in [0.05, 0.1) is 5.69 Å². The fraction of sp³-hybridized carbons (Fsp3) is 0.500. The predicted octanol–water partition coefficient (Wildman–Crippen LogP) is 2.76. The highest BCUT2D eigenvalue weighted by atomic mass is 16.3. The Morgan fingerprint density at radius 3 is 2.38 bits per heavy atom. The Kier molecular flexibility index (Phi) is 5.20. The molecule has 1 aromatic carbocycles. The van der Waals surface area contributed by atoms with Gasteiger partial charge in [0.1, 0.15) is 0 Å². The van der Waals surface area contributed by atoms with Gasteiger partial charge in [-0.05, 0) is 30.2 Å².